The van der Waals surface area contributed by atoms with Crippen molar-refractivity contribution in [1.82, 2.24) is 19.5 Å². The third kappa shape index (κ3) is 7.50. The van der Waals surface area contributed by atoms with Gasteiger partial charge in [-0.15, -0.1) is 0 Å². The number of anilines is 1. The number of aromatic nitrogens is 4. The second-order valence-electron chi connectivity index (χ2n) is 7.07. The smallest absolute Gasteiger partial charge is 0.387 e. The lowest BCUT2D eigenvalue weighted by atomic mass is 10.1. The Labute approximate surface area is 210 Å². The number of aliphatic hydroxyl groups excluding tert-OH is 2. The minimum absolute atomic E-state index is 0.0725. The Balaban J connectivity index is 1.89. The molecule has 18 heteroatoms. The predicted molar refractivity (Wildman–Crippen MR) is 125 cm³/mol. The molecule has 0 saturated carbocycles. The van der Waals surface area contributed by atoms with E-state index in [9.17, 15) is 27.9 Å². The Kier molecular flexibility index (Phi) is 9.65. The third-order valence-electron chi connectivity index (χ3n) is 4.62. The number of hydrogen-bond acceptors (Lipinski definition) is 11. The number of imidazole rings is 1. The summed E-state index contributed by atoms with van der Waals surface area (Å²) in [7, 11) is 0. The molecule has 192 valence electrons. The molecule has 0 spiro atoms. The highest BCUT2D eigenvalue weighted by Gasteiger charge is 2.45. The van der Waals surface area contributed by atoms with Gasteiger partial charge in [-0.1, -0.05) is 11.8 Å². The number of fused-ring (bicyclic) bond motifs is 1. The molecule has 4 atom stereocenters. The van der Waals surface area contributed by atoms with Crippen LogP contribution in [0.3, 0.4) is 0 Å². The number of alkyl halides is 3. The van der Waals surface area contributed by atoms with Gasteiger partial charge in [0.2, 0.25) is 0 Å². The fourth-order valence-corrected chi connectivity index (χ4v) is 4.84. The summed E-state index contributed by atoms with van der Waals surface area (Å²) in [5, 5.41) is 24.0. The minimum Gasteiger partial charge on any atom is -0.387 e. The molecule has 0 radical (unpaired) electrons. The SMILES string of the molecule is CSCCNc1nc(SCCC(F)(F)F)nc2c1ncn2C1OC(COP(=O)(Cl)Cl)C(O)C1O. The lowest BCUT2D eigenvalue weighted by Crippen LogP contribution is -2.33. The van der Waals surface area contributed by atoms with Gasteiger partial charge in [0.1, 0.15) is 18.3 Å². The van der Waals surface area contributed by atoms with Gasteiger partial charge in [-0.05, 0) is 28.7 Å². The number of ether oxygens (including phenoxy) is 1. The maximum atomic E-state index is 12.6. The maximum absolute atomic E-state index is 12.6. The molecule has 10 nitrogen and oxygen atoms in total. The van der Waals surface area contributed by atoms with Gasteiger partial charge in [0, 0.05) is 18.1 Å². The molecule has 0 bridgehead atoms. The van der Waals surface area contributed by atoms with Crippen LogP contribution in [0, 0.1) is 0 Å². The quantitative estimate of drug-likeness (QED) is 0.154. The van der Waals surface area contributed by atoms with Crippen molar-refractivity contribution in [3.05, 3.63) is 6.33 Å². The lowest BCUT2D eigenvalue weighted by molar-refractivity contribution is -0.129. The van der Waals surface area contributed by atoms with E-state index >= 15 is 0 Å². The number of rotatable bonds is 11. The molecule has 2 aromatic rings. The first-order valence-corrected chi connectivity index (χ1v) is 15.5. The van der Waals surface area contributed by atoms with Gasteiger partial charge in [0.05, 0.1) is 19.4 Å². The van der Waals surface area contributed by atoms with Gasteiger partial charge in [-0.25, -0.2) is 15.0 Å². The summed E-state index contributed by atoms with van der Waals surface area (Å²) >= 11 is 13.1. The first kappa shape index (κ1) is 28.1. The molecule has 0 aliphatic carbocycles. The summed E-state index contributed by atoms with van der Waals surface area (Å²) in [6.45, 7) is 0.0606. The summed E-state index contributed by atoms with van der Waals surface area (Å²) in [6.07, 6.45) is -11.2. The highest BCUT2D eigenvalue weighted by molar-refractivity contribution is 8.05. The highest BCUT2D eigenvalue weighted by Crippen LogP contribution is 2.57. The van der Waals surface area contributed by atoms with E-state index in [1.807, 2.05) is 6.26 Å². The number of nitrogens with zero attached hydrogens (tertiary/aromatic N) is 4. The number of hydrogen-bond donors (Lipinski definition) is 3. The van der Waals surface area contributed by atoms with E-state index in [2.05, 4.69) is 20.3 Å². The van der Waals surface area contributed by atoms with Gasteiger partial charge in [0.25, 0.3) is 0 Å². The number of thioether (sulfide) groups is 2. The van der Waals surface area contributed by atoms with E-state index < -0.39 is 49.8 Å². The van der Waals surface area contributed by atoms with Crippen LogP contribution < -0.4 is 5.32 Å². The lowest BCUT2D eigenvalue weighted by Gasteiger charge is -2.17. The van der Waals surface area contributed by atoms with Gasteiger partial charge in [0.15, 0.2) is 28.4 Å². The Morgan fingerprint density at radius 3 is 2.68 bits per heavy atom. The van der Waals surface area contributed by atoms with Crippen LogP contribution in [0.25, 0.3) is 11.2 Å². The van der Waals surface area contributed by atoms with Crippen molar-refractivity contribution >= 4 is 69.1 Å². The van der Waals surface area contributed by atoms with Crippen LogP contribution in [0.15, 0.2) is 11.5 Å². The van der Waals surface area contributed by atoms with E-state index in [-0.39, 0.29) is 16.6 Å². The van der Waals surface area contributed by atoms with E-state index in [1.54, 1.807) is 11.8 Å². The average Bonchev–Trinajstić information content (AvgIpc) is 3.27. The Morgan fingerprint density at radius 2 is 2.03 bits per heavy atom. The first-order valence-electron chi connectivity index (χ1n) is 9.72. The van der Waals surface area contributed by atoms with Crippen molar-refractivity contribution in [2.24, 2.45) is 0 Å². The number of aliphatic hydroxyl groups is 2. The van der Waals surface area contributed by atoms with Crippen molar-refractivity contribution in [3.63, 3.8) is 0 Å². The summed E-state index contributed by atoms with van der Waals surface area (Å²) in [4.78, 5) is 12.9. The topological polar surface area (TPSA) is 132 Å². The normalized spacial score (nSPS) is 23.6. The zero-order valence-electron chi connectivity index (χ0n) is 17.5. The molecule has 4 unspecified atom stereocenters. The summed E-state index contributed by atoms with van der Waals surface area (Å²) < 4.78 is 60.9. The van der Waals surface area contributed by atoms with Gasteiger partial charge in [-0.3, -0.25) is 9.13 Å². The zero-order valence-corrected chi connectivity index (χ0v) is 21.5. The molecule has 3 heterocycles. The molecule has 1 fully saturated rings. The highest BCUT2D eigenvalue weighted by atomic mass is 35.9. The molecule has 1 aliphatic rings. The molecule has 3 rings (SSSR count). The standard InChI is InChI=1S/C16H21Cl2F3N5O5PS2/c1-33-5-3-22-12-9-13(25-15(24-12)34-4-2-16(19,20)21)26(7-23-9)14-11(28)10(27)8(31-14)6-30-32(17,18)29/h7-8,10-11,14,27-28H,2-6H2,1H3,(H,22,24,25). The summed E-state index contributed by atoms with van der Waals surface area (Å²) in [5.41, 5.74) is 0.478. The molecule has 2 aromatic heterocycles. The van der Waals surface area contributed by atoms with Crippen molar-refractivity contribution in [3.8, 4) is 0 Å². The van der Waals surface area contributed by atoms with Crippen LogP contribution in [-0.2, 0) is 13.8 Å². The van der Waals surface area contributed by atoms with Crippen LogP contribution in [0.2, 0.25) is 0 Å². The molecular formula is C16H21Cl2F3N5O5PS2. The third-order valence-corrected chi connectivity index (χ3v) is 7.11. The predicted octanol–water partition coefficient (Wildman–Crippen LogP) is 3.87. The Morgan fingerprint density at radius 1 is 1.29 bits per heavy atom. The first-order chi connectivity index (χ1) is 15.9. The van der Waals surface area contributed by atoms with Crippen molar-refractivity contribution in [1.29, 1.82) is 0 Å². The van der Waals surface area contributed by atoms with Crippen LogP contribution in [0.5, 0.6) is 0 Å². The van der Waals surface area contributed by atoms with E-state index in [0.29, 0.717) is 17.9 Å². The van der Waals surface area contributed by atoms with Crippen molar-refractivity contribution in [2.45, 2.75) is 42.3 Å². The van der Waals surface area contributed by atoms with E-state index in [1.165, 1.54) is 10.9 Å². The van der Waals surface area contributed by atoms with Crippen LogP contribution in [0.1, 0.15) is 12.6 Å². The van der Waals surface area contributed by atoms with Crippen molar-refractivity contribution in [2.75, 3.05) is 36.2 Å². The summed E-state index contributed by atoms with van der Waals surface area (Å²) in [6, 6.07) is 0. The van der Waals surface area contributed by atoms with Crippen LogP contribution in [0.4, 0.5) is 19.0 Å². The van der Waals surface area contributed by atoms with Gasteiger partial charge in [-0.2, -0.15) is 24.9 Å². The minimum atomic E-state index is -4.32. The molecule has 1 saturated heterocycles. The van der Waals surface area contributed by atoms with Crippen LogP contribution in [-0.4, -0.2) is 85.1 Å². The monoisotopic (exact) mass is 585 g/mol. The number of nitrogens with one attached hydrogen (secondary N) is 1. The van der Waals surface area contributed by atoms with E-state index in [0.717, 1.165) is 17.5 Å². The second kappa shape index (κ2) is 11.7. The van der Waals surface area contributed by atoms with Gasteiger partial charge < -0.3 is 24.8 Å². The van der Waals surface area contributed by atoms with E-state index in [4.69, 9.17) is 31.7 Å². The largest absolute Gasteiger partial charge is 0.389 e. The molecule has 0 aromatic carbocycles. The zero-order chi connectivity index (χ0) is 25.1. The fraction of sp³-hybridized carbons (Fsp3) is 0.688. The molecule has 3 N–H and O–H groups in total. The van der Waals surface area contributed by atoms with Crippen LogP contribution >= 0.6 is 52.1 Å². The average molecular weight is 586 g/mol. The Hall–Kier alpha value is -0.510. The molecule has 1 aliphatic heterocycles. The van der Waals surface area contributed by atoms with Crippen molar-refractivity contribution < 1.29 is 37.2 Å². The number of halogens is 5. The second-order valence-corrected chi connectivity index (χ2v) is 13.4. The fourth-order valence-electron chi connectivity index (χ4n) is 3.06. The molecule has 0 amide bonds. The molecule has 34 heavy (non-hydrogen) atoms. The Bertz CT molecular complexity index is 1030. The molecular weight excluding hydrogens is 565 g/mol. The summed E-state index contributed by atoms with van der Waals surface area (Å²) in [5.74, 6) is 0.766. The maximum Gasteiger partial charge on any atom is 0.389 e. The van der Waals surface area contributed by atoms with Gasteiger partial charge >= 0.3 is 12.3 Å².